The van der Waals surface area contributed by atoms with E-state index in [0.29, 0.717) is 5.76 Å². The molecule has 3 aromatic rings. The van der Waals surface area contributed by atoms with Gasteiger partial charge in [-0.1, -0.05) is 12.1 Å². The summed E-state index contributed by atoms with van der Waals surface area (Å²) < 4.78 is 5.36. The van der Waals surface area contributed by atoms with Gasteiger partial charge in [-0.2, -0.15) is 0 Å². The number of imidazole rings is 1. The molecule has 112 valence electrons. The molecule has 4 rings (SSSR count). The van der Waals surface area contributed by atoms with Crippen LogP contribution in [0.3, 0.4) is 0 Å². The molecule has 1 unspecified atom stereocenters. The minimum Gasteiger partial charge on any atom is -0.459 e. The molecule has 1 N–H and O–H groups in total. The van der Waals surface area contributed by atoms with E-state index in [2.05, 4.69) is 9.97 Å². The van der Waals surface area contributed by atoms with Gasteiger partial charge in [-0.3, -0.25) is 4.79 Å². The standard InChI is InChI=1S/C17H17N3O2/c1-11-8-10-22-15(11)17(21)20-9-4-7-14(20)16-18-12-5-2-3-6-13(12)19-16/h2-3,5-6,8,10,14H,4,7,9H2,1H3,(H,18,19). The van der Waals surface area contributed by atoms with Crippen LogP contribution in [-0.4, -0.2) is 27.3 Å². The van der Waals surface area contributed by atoms with Crippen LogP contribution in [0.2, 0.25) is 0 Å². The van der Waals surface area contributed by atoms with Gasteiger partial charge in [0.1, 0.15) is 5.82 Å². The molecule has 2 aromatic heterocycles. The van der Waals surface area contributed by atoms with Crippen molar-refractivity contribution in [3.05, 3.63) is 53.7 Å². The number of fused-ring (bicyclic) bond motifs is 1. The van der Waals surface area contributed by atoms with E-state index >= 15 is 0 Å². The van der Waals surface area contributed by atoms with Crippen molar-refractivity contribution in [3.8, 4) is 0 Å². The minimum atomic E-state index is -0.0505. The molecule has 0 bridgehead atoms. The number of hydrogen-bond acceptors (Lipinski definition) is 3. The van der Waals surface area contributed by atoms with Gasteiger partial charge in [0.2, 0.25) is 0 Å². The molecule has 1 saturated heterocycles. The quantitative estimate of drug-likeness (QED) is 0.787. The number of aryl methyl sites for hydroxylation is 1. The molecular formula is C17H17N3O2. The highest BCUT2D eigenvalue weighted by Gasteiger charge is 2.34. The number of carbonyl (C=O) groups is 1. The van der Waals surface area contributed by atoms with Crippen LogP contribution in [0.5, 0.6) is 0 Å². The normalized spacial score (nSPS) is 18.2. The van der Waals surface area contributed by atoms with Gasteiger partial charge in [-0.15, -0.1) is 0 Å². The Kier molecular flexibility index (Phi) is 2.99. The number of hydrogen-bond donors (Lipinski definition) is 1. The summed E-state index contributed by atoms with van der Waals surface area (Å²) in [6.45, 7) is 2.63. The number of aromatic nitrogens is 2. The second kappa shape index (κ2) is 5.02. The van der Waals surface area contributed by atoms with Gasteiger partial charge in [0.15, 0.2) is 5.76 Å². The van der Waals surface area contributed by atoms with Crippen molar-refractivity contribution in [2.24, 2.45) is 0 Å². The van der Waals surface area contributed by atoms with Crippen molar-refractivity contribution in [3.63, 3.8) is 0 Å². The van der Waals surface area contributed by atoms with E-state index in [0.717, 1.165) is 41.8 Å². The molecule has 1 atom stereocenters. The molecular weight excluding hydrogens is 278 g/mol. The van der Waals surface area contributed by atoms with Crippen LogP contribution in [0, 0.1) is 6.92 Å². The molecule has 0 saturated carbocycles. The number of amides is 1. The highest BCUT2D eigenvalue weighted by atomic mass is 16.3. The summed E-state index contributed by atoms with van der Waals surface area (Å²) in [6.07, 6.45) is 3.47. The highest BCUT2D eigenvalue weighted by molar-refractivity contribution is 5.93. The van der Waals surface area contributed by atoms with E-state index in [1.54, 1.807) is 6.26 Å². The predicted octanol–water partition coefficient (Wildman–Crippen LogP) is 3.44. The summed E-state index contributed by atoms with van der Waals surface area (Å²) >= 11 is 0. The first-order chi connectivity index (χ1) is 10.7. The van der Waals surface area contributed by atoms with Crippen LogP contribution in [0.25, 0.3) is 11.0 Å². The Balaban J connectivity index is 1.69. The van der Waals surface area contributed by atoms with Crippen molar-refractivity contribution in [1.82, 2.24) is 14.9 Å². The smallest absolute Gasteiger partial charge is 0.290 e. The van der Waals surface area contributed by atoms with E-state index in [1.807, 2.05) is 42.2 Å². The summed E-state index contributed by atoms with van der Waals surface area (Å²) in [5.41, 5.74) is 2.82. The average molecular weight is 295 g/mol. The summed E-state index contributed by atoms with van der Waals surface area (Å²) in [7, 11) is 0. The second-order valence-corrected chi connectivity index (χ2v) is 5.73. The molecule has 1 fully saturated rings. The third kappa shape index (κ3) is 2.01. The Morgan fingerprint density at radius 3 is 3.00 bits per heavy atom. The fourth-order valence-corrected chi connectivity index (χ4v) is 3.15. The fraction of sp³-hybridized carbons (Fsp3) is 0.294. The van der Waals surface area contributed by atoms with Gasteiger partial charge in [0.05, 0.1) is 23.3 Å². The molecule has 0 radical (unpaired) electrons. The lowest BCUT2D eigenvalue weighted by molar-refractivity contribution is 0.0697. The number of likely N-dealkylation sites (tertiary alicyclic amines) is 1. The summed E-state index contributed by atoms with van der Waals surface area (Å²) in [6, 6.07) is 9.74. The highest BCUT2D eigenvalue weighted by Crippen LogP contribution is 2.33. The Labute approximate surface area is 127 Å². The van der Waals surface area contributed by atoms with Crippen molar-refractivity contribution in [2.45, 2.75) is 25.8 Å². The molecule has 1 aromatic carbocycles. The van der Waals surface area contributed by atoms with E-state index in [4.69, 9.17) is 4.42 Å². The number of furan rings is 1. The van der Waals surface area contributed by atoms with E-state index in [-0.39, 0.29) is 11.9 Å². The molecule has 0 aliphatic carbocycles. The maximum atomic E-state index is 12.7. The Hall–Kier alpha value is -2.56. The van der Waals surface area contributed by atoms with Crippen molar-refractivity contribution < 1.29 is 9.21 Å². The first kappa shape index (κ1) is 13.1. The molecule has 3 heterocycles. The molecule has 5 heteroatoms. The Morgan fingerprint density at radius 2 is 2.23 bits per heavy atom. The van der Waals surface area contributed by atoms with Gasteiger partial charge >= 0.3 is 0 Å². The van der Waals surface area contributed by atoms with Gasteiger partial charge in [-0.05, 0) is 38.0 Å². The summed E-state index contributed by atoms with van der Waals surface area (Å²) in [5.74, 6) is 1.24. The summed E-state index contributed by atoms with van der Waals surface area (Å²) in [5, 5.41) is 0. The lowest BCUT2D eigenvalue weighted by Gasteiger charge is -2.22. The van der Waals surface area contributed by atoms with E-state index in [9.17, 15) is 4.79 Å². The molecule has 5 nitrogen and oxygen atoms in total. The van der Waals surface area contributed by atoms with Gasteiger partial charge in [0.25, 0.3) is 5.91 Å². The molecule has 22 heavy (non-hydrogen) atoms. The minimum absolute atomic E-state index is 0.00981. The van der Waals surface area contributed by atoms with Crippen LogP contribution in [-0.2, 0) is 0 Å². The zero-order chi connectivity index (χ0) is 15.1. The second-order valence-electron chi connectivity index (χ2n) is 5.73. The van der Waals surface area contributed by atoms with Crippen LogP contribution >= 0.6 is 0 Å². The zero-order valence-corrected chi connectivity index (χ0v) is 12.4. The maximum absolute atomic E-state index is 12.7. The largest absolute Gasteiger partial charge is 0.459 e. The topological polar surface area (TPSA) is 62.1 Å². The number of rotatable bonds is 2. The Bertz CT molecular complexity index is 800. The third-order valence-electron chi connectivity index (χ3n) is 4.29. The monoisotopic (exact) mass is 295 g/mol. The van der Waals surface area contributed by atoms with Crippen LogP contribution in [0.15, 0.2) is 41.0 Å². The van der Waals surface area contributed by atoms with Crippen molar-refractivity contribution in [2.75, 3.05) is 6.54 Å². The number of nitrogens with one attached hydrogen (secondary N) is 1. The van der Waals surface area contributed by atoms with E-state index < -0.39 is 0 Å². The van der Waals surface area contributed by atoms with Crippen molar-refractivity contribution in [1.29, 1.82) is 0 Å². The number of para-hydroxylation sites is 2. The number of aromatic amines is 1. The predicted molar refractivity (Wildman–Crippen MR) is 82.6 cm³/mol. The Morgan fingerprint density at radius 1 is 1.36 bits per heavy atom. The fourth-order valence-electron chi connectivity index (χ4n) is 3.15. The van der Waals surface area contributed by atoms with Gasteiger partial charge in [-0.25, -0.2) is 4.98 Å². The van der Waals surface area contributed by atoms with Gasteiger partial charge in [0, 0.05) is 12.1 Å². The number of benzene rings is 1. The number of nitrogens with zero attached hydrogens (tertiary/aromatic N) is 2. The molecule has 0 spiro atoms. The van der Waals surface area contributed by atoms with Crippen LogP contribution in [0.1, 0.15) is 40.8 Å². The van der Waals surface area contributed by atoms with Gasteiger partial charge < -0.3 is 14.3 Å². The first-order valence-electron chi connectivity index (χ1n) is 7.54. The molecule has 1 amide bonds. The first-order valence-corrected chi connectivity index (χ1v) is 7.54. The zero-order valence-electron chi connectivity index (χ0n) is 12.4. The lowest BCUT2D eigenvalue weighted by Crippen LogP contribution is -2.31. The van der Waals surface area contributed by atoms with Crippen molar-refractivity contribution >= 4 is 16.9 Å². The lowest BCUT2D eigenvalue weighted by atomic mass is 10.2. The number of H-pyrrole nitrogens is 1. The van der Waals surface area contributed by atoms with Crippen LogP contribution < -0.4 is 0 Å². The number of carbonyl (C=O) groups excluding carboxylic acids is 1. The van der Waals surface area contributed by atoms with Crippen LogP contribution in [0.4, 0.5) is 0 Å². The van der Waals surface area contributed by atoms with E-state index in [1.165, 1.54) is 0 Å². The SMILES string of the molecule is Cc1ccoc1C(=O)N1CCCC1c1nc2ccccc2[nH]1. The summed E-state index contributed by atoms with van der Waals surface area (Å²) in [4.78, 5) is 22.6. The maximum Gasteiger partial charge on any atom is 0.290 e. The third-order valence-corrected chi connectivity index (χ3v) is 4.29. The average Bonchev–Trinajstić information content (AvgIpc) is 3.24. The molecule has 1 aliphatic heterocycles. The molecule has 1 aliphatic rings.